The van der Waals surface area contributed by atoms with Gasteiger partial charge in [0.15, 0.2) is 0 Å². The molecule has 6 nitrogen and oxygen atoms in total. The summed E-state index contributed by atoms with van der Waals surface area (Å²) in [5.41, 5.74) is 0.990. The molecular formula is C17H20N2O4. The van der Waals surface area contributed by atoms with E-state index < -0.39 is 17.5 Å². The number of benzene rings is 1. The Morgan fingerprint density at radius 3 is 2.39 bits per heavy atom. The zero-order valence-corrected chi connectivity index (χ0v) is 13.1. The van der Waals surface area contributed by atoms with E-state index in [1.165, 1.54) is 4.90 Å². The van der Waals surface area contributed by atoms with Crippen LogP contribution in [0.4, 0.5) is 0 Å². The first-order valence-electron chi connectivity index (χ1n) is 7.84. The first-order valence-corrected chi connectivity index (χ1v) is 7.84. The van der Waals surface area contributed by atoms with Crippen molar-refractivity contribution in [1.82, 2.24) is 4.90 Å². The largest absolute Gasteiger partial charge is 0.497 e. The minimum Gasteiger partial charge on any atom is -0.497 e. The summed E-state index contributed by atoms with van der Waals surface area (Å²) in [4.78, 5) is 29.6. The maximum Gasteiger partial charge on any atom is 0.394 e. The number of hydrogen-bond acceptors (Lipinski definition) is 4. The molecule has 1 aromatic rings. The predicted molar refractivity (Wildman–Crippen MR) is 84.7 cm³/mol. The van der Waals surface area contributed by atoms with Crippen molar-refractivity contribution in [2.75, 3.05) is 13.7 Å². The van der Waals surface area contributed by atoms with Crippen molar-refractivity contribution >= 4 is 17.6 Å². The first-order chi connectivity index (χ1) is 11.1. The highest BCUT2D eigenvalue weighted by Crippen LogP contribution is 2.39. The van der Waals surface area contributed by atoms with E-state index in [9.17, 15) is 9.59 Å². The second kappa shape index (κ2) is 6.02. The van der Waals surface area contributed by atoms with Gasteiger partial charge in [-0.1, -0.05) is 6.42 Å². The van der Waals surface area contributed by atoms with Gasteiger partial charge >= 0.3 is 11.9 Å². The number of carboxylic acids is 1. The van der Waals surface area contributed by atoms with Gasteiger partial charge < -0.3 is 14.7 Å². The molecule has 0 radical (unpaired) electrons. The fraction of sp³-hybridized carbons (Fsp3) is 0.471. The zero-order valence-electron chi connectivity index (χ0n) is 13.1. The van der Waals surface area contributed by atoms with E-state index in [2.05, 4.69) is 0 Å². The summed E-state index contributed by atoms with van der Waals surface area (Å²) in [5.74, 6) is -1.53. The number of hydrogen-bond donors (Lipinski definition) is 1. The Balaban J connectivity index is 1.93. The van der Waals surface area contributed by atoms with Crippen molar-refractivity contribution in [3.8, 4) is 5.75 Å². The van der Waals surface area contributed by atoms with Crippen molar-refractivity contribution < 1.29 is 19.4 Å². The molecule has 1 spiro atoms. The van der Waals surface area contributed by atoms with Crippen LogP contribution in [0.1, 0.15) is 37.7 Å². The second-order valence-electron chi connectivity index (χ2n) is 6.03. The van der Waals surface area contributed by atoms with Crippen LogP contribution >= 0.6 is 0 Å². The number of amides is 1. The van der Waals surface area contributed by atoms with Crippen molar-refractivity contribution in [2.24, 2.45) is 4.99 Å². The van der Waals surface area contributed by atoms with E-state index in [1.807, 2.05) is 24.3 Å². The van der Waals surface area contributed by atoms with E-state index in [4.69, 9.17) is 14.8 Å². The molecule has 6 heteroatoms. The van der Waals surface area contributed by atoms with Crippen LogP contribution in [0.5, 0.6) is 5.75 Å². The quantitative estimate of drug-likeness (QED) is 0.847. The Hall–Kier alpha value is -2.37. The van der Waals surface area contributed by atoms with Crippen LogP contribution < -0.4 is 4.74 Å². The monoisotopic (exact) mass is 316 g/mol. The minimum absolute atomic E-state index is 0.247. The maximum absolute atomic E-state index is 12.1. The smallest absolute Gasteiger partial charge is 0.394 e. The summed E-state index contributed by atoms with van der Waals surface area (Å²) < 4.78 is 5.15. The fourth-order valence-corrected chi connectivity index (χ4v) is 3.46. The van der Waals surface area contributed by atoms with Gasteiger partial charge in [-0.25, -0.2) is 4.79 Å². The number of aliphatic carboxylic acids is 1. The fourth-order valence-electron chi connectivity index (χ4n) is 3.46. The van der Waals surface area contributed by atoms with E-state index >= 15 is 0 Å². The second-order valence-corrected chi connectivity index (χ2v) is 6.03. The standard InChI is InChI=1S/C17H20N2O4/c1-23-13-7-5-12(6-8-13)14-11-19(15(20)16(21)22)17(18-14)9-3-2-4-10-17/h5-8H,2-4,9-11H2,1H3,(H,21,22). The lowest BCUT2D eigenvalue weighted by molar-refractivity contribution is -0.159. The molecule has 1 aromatic carbocycles. The molecule has 1 amide bonds. The lowest BCUT2D eigenvalue weighted by atomic mass is 9.88. The van der Waals surface area contributed by atoms with Gasteiger partial charge in [-0.2, -0.15) is 0 Å². The first kappa shape index (κ1) is 15.5. The molecule has 1 saturated carbocycles. The molecule has 0 aromatic heterocycles. The van der Waals surface area contributed by atoms with E-state index in [1.54, 1.807) is 7.11 Å². The van der Waals surface area contributed by atoms with Crippen LogP contribution in [0.2, 0.25) is 0 Å². The number of carbonyl (C=O) groups is 2. The summed E-state index contributed by atoms with van der Waals surface area (Å²) in [6.07, 6.45) is 4.48. The number of ether oxygens (including phenoxy) is 1. The maximum atomic E-state index is 12.1. The summed E-state index contributed by atoms with van der Waals surface area (Å²) in [7, 11) is 1.60. The molecule has 0 saturated heterocycles. The van der Waals surface area contributed by atoms with Gasteiger partial charge in [-0.05, 0) is 55.5 Å². The topological polar surface area (TPSA) is 79.2 Å². The van der Waals surface area contributed by atoms with Crippen molar-refractivity contribution in [2.45, 2.75) is 37.8 Å². The van der Waals surface area contributed by atoms with Crippen LogP contribution in [0, 0.1) is 0 Å². The van der Waals surface area contributed by atoms with Gasteiger partial charge in [-0.3, -0.25) is 9.79 Å². The summed E-state index contributed by atoms with van der Waals surface area (Å²) >= 11 is 0. The van der Waals surface area contributed by atoms with Gasteiger partial charge in [-0.15, -0.1) is 0 Å². The number of aliphatic imine (C=N–C) groups is 1. The van der Waals surface area contributed by atoms with E-state index in [0.29, 0.717) is 0 Å². The lowest BCUT2D eigenvalue weighted by Gasteiger charge is -2.38. The van der Waals surface area contributed by atoms with Crippen molar-refractivity contribution in [3.63, 3.8) is 0 Å². The average Bonchev–Trinajstić information content (AvgIpc) is 2.93. The van der Waals surface area contributed by atoms with Crippen molar-refractivity contribution in [3.05, 3.63) is 29.8 Å². The molecule has 122 valence electrons. The summed E-state index contributed by atoms with van der Waals surface area (Å²) in [6, 6.07) is 7.46. The highest BCUT2D eigenvalue weighted by molar-refractivity contribution is 6.32. The Bertz CT molecular complexity index is 645. The van der Waals surface area contributed by atoms with Crippen LogP contribution in [-0.4, -0.2) is 46.9 Å². The Labute approximate surface area is 134 Å². The van der Waals surface area contributed by atoms with Gasteiger partial charge in [0.1, 0.15) is 11.4 Å². The third-order valence-corrected chi connectivity index (χ3v) is 4.66. The van der Waals surface area contributed by atoms with Crippen LogP contribution in [0.25, 0.3) is 0 Å². The Morgan fingerprint density at radius 2 is 1.83 bits per heavy atom. The molecule has 1 aliphatic carbocycles. The Kier molecular flexibility index (Phi) is 4.07. The van der Waals surface area contributed by atoms with Gasteiger partial charge in [0.25, 0.3) is 0 Å². The minimum atomic E-state index is -1.42. The average molecular weight is 316 g/mol. The van der Waals surface area contributed by atoms with Crippen LogP contribution in [0.3, 0.4) is 0 Å². The number of methoxy groups -OCH3 is 1. The predicted octanol–water partition coefficient (Wildman–Crippen LogP) is 2.07. The summed E-state index contributed by atoms with van der Waals surface area (Å²) in [5, 5.41) is 9.12. The van der Waals surface area contributed by atoms with Crippen LogP contribution in [-0.2, 0) is 9.59 Å². The van der Waals surface area contributed by atoms with E-state index in [-0.39, 0.29) is 6.54 Å². The van der Waals surface area contributed by atoms with E-state index in [0.717, 1.165) is 49.1 Å². The molecule has 2 aliphatic rings. The lowest BCUT2D eigenvalue weighted by Crippen LogP contribution is -2.51. The summed E-state index contributed by atoms with van der Waals surface area (Å²) in [6.45, 7) is 0.247. The third-order valence-electron chi connectivity index (χ3n) is 4.66. The van der Waals surface area contributed by atoms with Gasteiger partial charge in [0.2, 0.25) is 0 Å². The molecule has 0 atom stereocenters. The Morgan fingerprint density at radius 1 is 1.17 bits per heavy atom. The number of carboxylic acid groups (broad SMARTS) is 1. The SMILES string of the molecule is COc1ccc(C2=NC3(CCCCC3)N(C(=O)C(=O)O)C2)cc1. The van der Waals surface area contributed by atoms with Gasteiger partial charge in [0.05, 0.1) is 19.4 Å². The zero-order chi connectivity index (χ0) is 16.4. The highest BCUT2D eigenvalue weighted by Gasteiger charge is 2.47. The number of carbonyl (C=O) groups excluding carboxylic acids is 1. The number of nitrogens with zero attached hydrogens (tertiary/aromatic N) is 2. The molecular weight excluding hydrogens is 296 g/mol. The van der Waals surface area contributed by atoms with Crippen LogP contribution in [0.15, 0.2) is 29.3 Å². The molecule has 1 fully saturated rings. The third kappa shape index (κ3) is 2.81. The molecule has 1 N–H and O–H groups in total. The van der Waals surface area contributed by atoms with Gasteiger partial charge in [0, 0.05) is 0 Å². The van der Waals surface area contributed by atoms with Crippen molar-refractivity contribution in [1.29, 1.82) is 0 Å². The molecule has 1 aliphatic heterocycles. The normalized spacial score (nSPS) is 19.5. The molecule has 1 heterocycles. The molecule has 3 rings (SSSR count). The highest BCUT2D eigenvalue weighted by atomic mass is 16.5. The molecule has 0 unspecified atom stereocenters. The molecule has 0 bridgehead atoms. The molecule has 23 heavy (non-hydrogen) atoms. The number of rotatable bonds is 2.